The van der Waals surface area contributed by atoms with Crippen LogP contribution in [0.25, 0.3) is 11.3 Å². The Hall–Kier alpha value is -1.70. The molecule has 2 aromatic heterocycles. The monoisotopic (exact) mass is 212 g/mol. The molecular weight excluding hydrogens is 196 g/mol. The second kappa shape index (κ2) is 4.05. The van der Waals surface area contributed by atoms with Crippen LogP contribution >= 0.6 is 0 Å². The molecule has 0 amide bonds. The van der Waals surface area contributed by atoms with E-state index < -0.39 is 0 Å². The first-order chi connectivity index (χ1) is 7.57. The summed E-state index contributed by atoms with van der Waals surface area (Å²) in [5.74, 6) is 0. The lowest BCUT2D eigenvalue weighted by Crippen LogP contribution is -2.11. The van der Waals surface area contributed by atoms with Crippen molar-refractivity contribution in [3.05, 3.63) is 48.4 Å². The smallest absolute Gasteiger partial charge is 0.0717 e. The largest absolute Gasteiger partial charge is 0.264 e. The molecule has 2 nitrogen and oxygen atoms in total. The first kappa shape index (κ1) is 10.8. The van der Waals surface area contributed by atoms with E-state index in [1.165, 1.54) is 5.56 Å². The summed E-state index contributed by atoms with van der Waals surface area (Å²) in [4.78, 5) is 8.62. The quantitative estimate of drug-likeness (QED) is 0.723. The zero-order valence-corrected chi connectivity index (χ0v) is 9.94. The first-order valence-corrected chi connectivity index (χ1v) is 5.44. The average Bonchev–Trinajstić information content (AvgIpc) is 2.29. The highest BCUT2D eigenvalue weighted by atomic mass is 14.7. The molecule has 0 saturated carbocycles. The molecule has 16 heavy (non-hydrogen) atoms. The third-order valence-corrected chi connectivity index (χ3v) is 2.56. The second-order valence-electron chi connectivity index (χ2n) is 4.93. The average molecular weight is 212 g/mol. The molecule has 0 radical (unpaired) electrons. The highest BCUT2D eigenvalue weighted by Gasteiger charge is 2.14. The molecule has 0 aliphatic carbocycles. The van der Waals surface area contributed by atoms with Gasteiger partial charge >= 0.3 is 0 Å². The summed E-state index contributed by atoms with van der Waals surface area (Å²) in [6, 6.07) is 8.08. The van der Waals surface area contributed by atoms with Gasteiger partial charge in [-0.25, -0.2) is 0 Å². The van der Waals surface area contributed by atoms with E-state index in [9.17, 15) is 0 Å². The number of rotatable bonds is 1. The van der Waals surface area contributed by atoms with Gasteiger partial charge in [-0.15, -0.1) is 0 Å². The summed E-state index contributed by atoms with van der Waals surface area (Å²) in [5.41, 5.74) is 3.41. The van der Waals surface area contributed by atoms with Gasteiger partial charge in [0.1, 0.15) is 0 Å². The van der Waals surface area contributed by atoms with E-state index in [1.807, 2.05) is 30.6 Å². The van der Waals surface area contributed by atoms with Crippen LogP contribution in [0.3, 0.4) is 0 Å². The van der Waals surface area contributed by atoms with Crippen molar-refractivity contribution in [3.8, 4) is 11.3 Å². The van der Waals surface area contributed by atoms with Crippen molar-refractivity contribution in [2.24, 2.45) is 0 Å². The minimum absolute atomic E-state index is 0.123. The normalized spacial score (nSPS) is 11.4. The molecule has 0 aliphatic heterocycles. The number of pyridine rings is 2. The zero-order valence-electron chi connectivity index (χ0n) is 9.94. The molecule has 0 unspecified atom stereocenters. The van der Waals surface area contributed by atoms with Crippen molar-refractivity contribution < 1.29 is 0 Å². The van der Waals surface area contributed by atoms with Crippen molar-refractivity contribution in [3.63, 3.8) is 0 Å². The molecule has 0 aromatic carbocycles. The Bertz CT molecular complexity index is 470. The minimum atomic E-state index is 0.123. The Labute approximate surface area is 96.4 Å². The Morgan fingerprint density at radius 3 is 2.50 bits per heavy atom. The molecule has 82 valence electrons. The van der Waals surface area contributed by atoms with Crippen molar-refractivity contribution in [2.45, 2.75) is 26.2 Å². The number of hydrogen-bond acceptors (Lipinski definition) is 2. The summed E-state index contributed by atoms with van der Waals surface area (Å²) in [6.45, 7) is 6.56. The minimum Gasteiger partial charge on any atom is -0.264 e. The molecule has 0 saturated heterocycles. The lowest BCUT2D eigenvalue weighted by Gasteiger charge is -2.18. The molecule has 0 spiro atoms. The van der Waals surface area contributed by atoms with E-state index in [4.69, 9.17) is 0 Å². The van der Waals surface area contributed by atoms with E-state index in [-0.39, 0.29) is 5.41 Å². The number of nitrogens with zero attached hydrogens (tertiary/aromatic N) is 2. The van der Waals surface area contributed by atoms with Crippen LogP contribution in [-0.4, -0.2) is 9.97 Å². The molecule has 0 atom stereocenters. The molecule has 0 fully saturated rings. The van der Waals surface area contributed by atoms with E-state index in [0.29, 0.717) is 0 Å². The lowest BCUT2D eigenvalue weighted by molar-refractivity contribution is 0.587. The Balaban J connectivity index is 2.45. The maximum atomic E-state index is 4.33. The van der Waals surface area contributed by atoms with Gasteiger partial charge < -0.3 is 0 Å². The van der Waals surface area contributed by atoms with E-state index in [2.05, 4.69) is 36.8 Å². The van der Waals surface area contributed by atoms with Crippen LogP contribution in [-0.2, 0) is 5.41 Å². The fraction of sp³-hybridized carbons (Fsp3) is 0.286. The first-order valence-electron chi connectivity index (χ1n) is 5.44. The third-order valence-electron chi connectivity index (χ3n) is 2.56. The van der Waals surface area contributed by atoms with Crippen LogP contribution in [0.2, 0.25) is 0 Å². The van der Waals surface area contributed by atoms with Gasteiger partial charge in [0.25, 0.3) is 0 Å². The molecule has 0 bridgehead atoms. The topological polar surface area (TPSA) is 25.8 Å². The SMILES string of the molecule is CC(C)(C)c1cncc(-c2ccccn2)c1. The van der Waals surface area contributed by atoms with Crippen molar-refractivity contribution >= 4 is 0 Å². The number of aromatic nitrogens is 2. The molecule has 0 aliphatic rings. The molecule has 2 rings (SSSR count). The summed E-state index contributed by atoms with van der Waals surface area (Å²) in [5, 5.41) is 0. The van der Waals surface area contributed by atoms with Crippen molar-refractivity contribution in [1.29, 1.82) is 0 Å². The molecule has 2 heterocycles. The number of hydrogen-bond donors (Lipinski definition) is 0. The highest BCUT2D eigenvalue weighted by Crippen LogP contribution is 2.25. The van der Waals surface area contributed by atoms with Crippen LogP contribution in [0.15, 0.2) is 42.9 Å². The van der Waals surface area contributed by atoms with E-state index in [1.54, 1.807) is 6.20 Å². The van der Waals surface area contributed by atoms with Crippen LogP contribution in [0, 0.1) is 0 Å². The van der Waals surface area contributed by atoms with Gasteiger partial charge in [-0.05, 0) is 29.2 Å². The molecule has 2 aromatic rings. The lowest BCUT2D eigenvalue weighted by atomic mass is 9.87. The Kier molecular flexibility index (Phi) is 2.73. The van der Waals surface area contributed by atoms with Crippen LogP contribution < -0.4 is 0 Å². The summed E-state index contributed by atoms with van der Waals surface area (Å²) in [7, 11) is 0. The highest BCUT2D eigenvalue weighted by molar-refractivity contribution is 5.58. The van der Waals surface area contributed by atoms with Crippen LogP contribution in [0.5, 0.6) is 0 Å². The molecule has 0 N–H and O–H groups in total. The third kappa shape index (κ3) is 2.27. The van der Waals surface area contributed by atoms with E-state index in [0.717, 1.165) is 11.3 Å². The van der Waals surface area contributed by atoms with Gasteiger partial charge in [-0.1, -0.05) is 26.8 Å². The van der Waals surface area contributed by atoms with Gasteiger partial charge in [0, 0.05) is 24.2 Å². The predicted octanol–water partition coefficient (Wildman–Crippen LogP) is 3.44. The summed E-state index contributed by atoms with van der Waals surface area (Å²) in [6.07, 6.45) is 5.59. The molecule has 2 heteroatoms. The predicted molar refractivity (Wildman–Crippen MR) is 66.2 cm³/mol. The van der Waals surface area contributed by atoms with Gasteiger partial charge in [0.05, 0.1) is 5.69 Å². The van der Waals surface area contributed by atoms with Gasteiger partial charge in [0.2, 0.25) is 0 Å². The maximum absolute atomic E-state index is 4.33. The standard InChI is InChI=1S/C14H16N2/c1-14(2,3)12-8-11(9-15-10-12)13-6-4-5-7-16-13/h4-10H,1-3H3. The van der Waals surface area contributed by atoms with Gasteiger partial charge in [0.15, 0.2) is 0 Å². The maximum Gasteiger partial charge on any atom is 0.0717 e. The Morgan fingerprint density at radius 1 is 1.06 bits per heavy atom. The zero-order chi connectivity index (χ0) is 11.6. The van der Waals surface area contributed by atoms with Crippen molar-refractivity contribution in [1.82, 2.24) is 9.97 Å². The summed E-state index contributed by atoms with van der Waals surface area (Å²) >= 11 is 0. The fourth-order valence-corrected chi connectivity index (χ4v) is 1.52. The van der Waals surface area contributed by atoms with Crippen LogP contribution in [0.4, 0.5) is 0 Å². The molecular formula is C14H16N2. The van der Waals surface area contributed by atoms with Gasteiger partial charge in [-0.2, -0.15) is 0 Å². The second-order valence-corrected chi connectivity index (χ2v) is 4.93. The van der Waals surface area contributed by atoms with Gasteiger partial charge in [-0.3, -0.25) is 9.97 Å². The van der Waals surface area contributed by atoms with Crippen LogP contribution in [0.1, 0.15) is 26.3 Å². The fourth-order valence-electron chi connectivity index (χ4n) is 1.52. The Morgan fingerprint density at radius 2 is 1.88 bits per heavy atom. The van der Waals surface area contributed by atoms with E-state index >= 15 is 0 Å². The summed E-state index contributed by atoms with van der Waals surface area (Å²) < 4.78 is 0. The van der Waals surface area contributed by atoms with Crippen molar-refractivity contribution in [2.75, 3.05) is 0 Å².